The fraction of sp³-hybridized carbons (Fsp3) is 0.190. The Morgan fingerprint density at radius 3 is 2.32 bits per heavy atom. The average Bonchev–Trinajstić information content (AvgIpc) is 3.12. The fourth-order valence-corrected chi connectivity index (χ4v) is 2.97. The van der Waals surface area contributed by atoms with Crippen molar-refractivity contribution in [1.82, 2.24) is 9.78 Å². The third-order valence-corrected chi connectivity index (χ3v) is 4.64. The summed E-state index contributed by atoms with van der Waals surface area (Å²) in [6.07, 6.45) is 1.91. The number of halogens is 1. The smallest absolute Gasteiger partial charge is 0.255 e. The normalized spacial score (nSPS) is 10.7. The van der Waals surface area contributed by atoms with E-state index in [1.807, 2.05) is 38.1 Å². The first kappa shape index (κ1) is 19.8. The van der Waals surface area contributed by atoms with Crippen molar-refractivity contribution in [1.29, 1.82) is 0 Å². The molecule has 0 aliphatic rings. The molecule has 0 radical (unpaired) electrons. The molecule has 0 unspecified atom stereocenters. The van der Waals surface area contributed by atoms with E-state index in [-0.39, 0.29) is 24.3 Å². The fourth-order valence-electron chi connectivity index (χ4n) is 2.71. The zero-order valence-corrected chi connectivity index (χ0v) is 17.2. The van der Waals surface area contributed by atoms with E-state index in [4.69, 9.17) is 0 Å². The minimum Gasteiger partial charge on any atom is -0.322 e. The van der Waals surface area contributed by atoms with E-state index >= 15 is 0 Å². The Kier molecular flexibility index (Phi) is 6.26. The lowest BCUT2D eigenvalue weighted by molar-refractivity contribution is -0.115. The predicted octanol–water partition coefficient (Wildman–Crippen LogP) is 4.66. The van der Waals surface area contributed by atoms with Crippen molar-refractivity contribution in [2.24, 2.45) is 0 Å². The van der Waals surface area contributed by atoms with Crippen LogP contribution in [0, 0.1) is 0 Å². The maximum absolute atomic E-state index is 12.3. The van der Waals surface area contributed by atoms with Gasteiger partial charge in [0.1, 0.15) is 5.82 Å². The standard InChI is InChI=1S/C21H21BrN4O2/c1-14(2)26-19(11-12-23-26)25-20(27)13-15-3-9-18(10-4-15)24-21(28)16-5-7-17(22)8-6-16/h3-12,14H,13H2,1-2H3,(H,24,28)(H,25,27). The van der Waals surface area contributed by atoms with Gasteiger partial charge >= 0.3 is 0 Å². The Balaban J connectivity index is 1.58. The van der Waals surface area contributed by atoms with Crippen molar-refractivity contribution in [3.63, 3.8) is 0 Å². The van der Waals surface area contributed by atoms with E-state index in [0.717, 1.165) is 10.0 Å². The Hall–Kier alpha value is -2.93. The molecule has 1 heterocycles. The molecule has 6 nitrogen and oxygen atoms in total. The van der Waals surface area contributed by atoms with E-state index < -0.39 is 0 Å². The summed E-state index contributed by atoms with van der Waals surface area (Å²) in [5.74, 6) is 0.382. The van der Waals surface area contributed by atoms with Crippen LogP contribution in [0.4, 0.5) is 11.5 Å². The molecular formula is C21H21BrN4O2. The van der Waals surface area contributed by atoms with Crippen molar-refractivity contribution in [2.45, 2.75) is 26.3 Å². The Bertz CT molecular complexity index is 963. The van der Waals surface area contributed by atoms with Gasteiger partial charge in [-0.15, -0.1) is 0 Å². The quantitative estimate of drug-likeness (QED) is 0.584. The zero-order valence-electron chi connectivity index (χ0n) is 15.6. The summed E-state index contributed by atoms with van der Waals surface area (Å²) in [6.45, 7) is 4.01. The topological polar surface area (TPSA) is 76.0 Å². The van der Waals surface area contributed by atoms with Crippen LogP contribution in [0.15, 0.2) is 65.3 Å². The van der Waals surface area contributed by atoms with Crippen LogP contribution in [0.5, 0.6) is 0 Å². The zero-order chi connectivity index (χ0) is 20.1. The molecule has 2 aromatic carbocycles. The molecule has 0 bridgehead atoms. The summed E-state index contributed by atoms with van der Waals surface area (Å²) in [6, 6.07) is 16.3. The molecule has 2 N–H and O–H groups in total. The lowest BCUT2D eigenvalue weighted by atomic mass is 10.1. The van der Waals surface area contributed by atoms with Crippen LogP contribution in [0.2, 0.25) is 0 Å². The predicted molar refractivity (Wildman–Crippen MR) is 113 cm³/mol. The van der Waals surface area contributed by atoms with Crippen LogP contribution in [0.3, 0.4) is 0 Å². The van der Waals surface area contributed by atoms with Gasteiger partial charge in [0.2, 0.25) is 5.91 Å². The van der Waals surface area contributed by atoms with Gasteiger partial charge < -0.3 is 10.6 Å². The van der Waals surface area contributed by atoms with Crippen molar-refractivity contribution in [3.8, 4) is 0 Å². The summed E-state index contributed by atoms with van der Waals surface area (Å²) >= 11 is 3.35. The molecule has 0 fully saturated rings. The summed E-state index contributed by atoms with van der Waals surface area (Å²) in [5.41, 5.74) is 2.11. The van der Waals surface area contributed by atoms with Crippen molar-refractivity contribution >= 4 is 39.2 Å². The van der Waals surface area contributed by atoms with E-state index in [1.54, 1.807) is 41.2 Å². The summed E-state index contributed by atoms with van der Waals surface area (Å²) < 4.78 is 2.68. The molecule has 3 rings (SSSR count). The largest absolute Gasteiger partial charge is 0.322 e. The van der Waals surface area contributed by atoms with Gasteiger partial charge in [0.25, 0.3) is 5.91 Å². The number of aromatic nitrogens is 2. The van der Waals surface area contributed by atoms with Gasteiger partial charge in [-0.1, -0.05) is 28.1 Å². The number of amides is 2. The molecule has 7 heteroatoms. The lowest BCUT2D eigenvalue weighted by Crippen LogP contribution is -2.18. The summed E-state index contributed by atoms with van der Waals surface area (Å²) in [7, 11) is 0. The molecule has 2 amide bonds. The van der Waals surface area contributed by atoms with Crippen molar-refractivity contribution < 1.29 is 9.59 Å². The molecule has 0 aliphatic heterocycles. The SMILES string of the molecule is CC(C)n1nccc1NC(=O)Cc1ccc(NC(=O)c2ccc(Br)cc2)cc1. The van der Waals surface area contributed by atoms with E-state index in [9.17, 15) is 9.59 Å². The lowest BCUT2D eigenvalue weighted by Gasteiger charge is -2.12. The Labute approximate surface area is 172 Å². The molecule has 3 aromatic rings. The van der Waals surface area contributed by atoms with Gasteiger partial charge in [-0.3, -0.25) is 9.59 Å². The average molecular weight is 441 g/mol. The van der Waals surface area contributed by atoms with Crippen LogP contribution >= 0.6 is 15.9 Å². The number of carbonyl (C=O) groups is 2. The molecule has 144 valence electrons. The number of rotatable bonds is 6. The number of nitrogens with zero attached hydrogens (tertiary/aromatic N) is 2. The number of nitrogens with one attached hydrogen (secondary N) is 2. The first-order valence-corrected chi connectivity index (χ1v) is 9.71. The van der Waals surface area contributed by atoms with Crippen LogP contribution in [0.25, 0.3) is 0 Å². The minimum atomic E-state index is -0.181. The Morgan fingerprint density at radius 2 is 1.68 bits per heavy atom. The molecular weight excluding hydrogens is 420 g/mol. The van der Waals surface area contributed by atoms with Gasteiger partial charge in [0.15, 0.2) is 0 Å². The maximum Gasteiger partial charge on any atom is 0.255 e. The second-order valence-electron chi connectivity index (χ2n) is 6.64. The van der Waals surface area contributed by atoms with Gasteiger partial charge in [-0.2, -0.15) is 5.10 Å². The third-order valence-electron chi connectivity index (χ3n) is 4.11. The van der Waals surface area contributed by atoms with Gasteiger partial charge in [0, 0.05) is 27.8 Å². The minimum absolute atomic E-state index is 0.117. The molecule has 0 atom stereocenters. The number of benzene rings is 2. The van der Waals surface area contributed by atoms with Crippen LogP contribution in [0.1, 0.15) is 35.8 Å². The van der Waals surface area contributed by atoms with E-state index in [0.29, 0.717) is 17.1 Å². The maximum atomic E-state index is 12.3. The Morgan fingerprint density at radius 1 is 1.00 bits per heavy atom. The molecule has 0 spiro atoms. The van der Waals surface area contributed by atoms with E-state index in [2.05, 4.69) is 31.7 Å². The highest BCUT2D eigenvalue weighted by molar-refractivity contribution is 9.10. The van der Waals surface area contributed by atoms with Gasteiger partial charge in [-0.25, -0.2) is 4.68 Å². The molecule has 0 saturated heterocycles. The molecule has 0 saturated carbocycles. The molecule has 0 aliphatic carbocycles. The second-order valence-corrected chi connectivity index (χ2v) is 7.55. The van der Waals surface area contributed by atoms with Crippen molar-refractivity contribution in [2.75, 3.05) is 10.6 Å². The summed E-state index contributed by atoms with van der Waals surface area (Å²) in [5, 5.41) is 9.93. The van der Waals surface area contributed by atoms with E-state index in [1.165, 1.54) is 0 Å². The van der Waals surface area contributed by atoms with Gasteiger partial charge in [-0.05, 0) is 55.8 Å². The number of carbonyl (C=O) groups excluding carboxylic acids is 2. The van der Waals surface area contributed by atoms with Gasteiger partial charge in [0.05, 0.1) is 12.6 Å². The number of hydrogen-bond acceptors (Lipinski definition) is 3. The highest BCUT2D eigenvalue weighted by atomic mass is 79.9. The number of hydrogen-bond donors (Lipinski definition) is 2. The first-order chi connectivity index (χ1) is 13.4. The number of anilines is 2. The highest BCUT2D eigenvalue weighted by Gasteiger charge is 2.11. The summed E-state index contributed by atoms with van der Waals surface area (Å²) in [4.78, 5) is 24.6. The van der Waals surface area contributed by atoms with Crippen LogP contribution in [-0.4, -0.2) is 21.6 Å². The van der Waals surface area contributed by atoms with Crippen molar-refractivity contribution in [3.05, 3.63) is 76.4 Å². The third kappa shape index (κ3) is 5.07. The molecule has 1 aromatic heterocycles. The highest BCUT2D eigenvalue weighted by Crippen LogP contribution is 2.16. The monoisotopic (exact) mass is 440 g/mol. The van der Waals surface area contributed by atoms with Crippen LogP contribution < -0.4 is 10.6 Å². The first-order valence-electron chi connectivity index (χ1n) is 8.91. The second kappa shape index (κ2) is 8.84. The van der Waals surface area contributed by atoms with Crippen LogP contribution in [-0.2, 0) is 11.2 Å². The molecule has 28 heavy (non-hydrogen) atoms.